The van der Waals surface area contributed by atoms with E-state index in [-0.39, 0.29) is 6.42 Å². The van der Waals surface area contributed by atoms with E-state index in [1.54, 1.807) is 18.2 Å². The number of nitrogens with two attached hydrogens (primary N) is 1. The van der Waals surface area contributed by atoms with Crippen LogP contribution < -0.4 is 5.73 Å². The van der Waals surface area contributed by atoms with E-state index in [1.807, 2.05) is 0 Å². The molecule has 5 heteroatoms. The molecule has 0 heterocycles. The van der Waals surface area contributed by atoms with Gasteiger partial charge in [-0.25, -0.2) is 0 Å². The molecule has 0 radical (unpaired) electrons. The fraction of sp³-hybridized carbons (Fsp3) is 0.0909. The zero-order valence-corrected chi connectivity index (χ0v) is 9.07. The van der Waals surface area contributed by atoms with Crippen LogP contribution in [0.25, 0.3) is 6.08 Å². The lowest BCUT2D eigenvalue weighted by Crippen LogP contribution is -2.06. The van der Waals surface area contributed by atoms with Gasteiger partial charge >= 0.3 is 5.97 Å². The van der Waals surface area contributed by atoms with Crippen LogP contribution in [0, 0.1) is 0 Å². The van der Waals surface area contributed by atoms with Crippen molar-refractivity contribution in [3.8, 4) is 0 Å². The molecule has 1 aromatic carbocycles. The minimum absolute atomic E-state index is 0.129. The van der Waals surface area contributed by atoms with E-state index in [9.17, 15) is 9.59 Å². The number of primary amides is 1. The molecule has 0 aliphatic rings. The molecule has 0 saturated carbocycles. The van der Waals surface area contributed by atoms with Crippen LogP contribution in [0.1, 0.15) is 11.1 Å². The minimum Gasteiger partial charge on any atom is -0.481 e. The molecule has 0 atom stereocenters. The third kappa shape index (κ3) is 3.74. The van der Waals surface area contributed by atoms with Crippen molar-refractivity contribution in [1.29, 1.82) is 0 Å². The average molecular weight is 240 g/mol. The first-order chi connectivity index (χ1) is 7.49. The highest BCUT2D eigenvalue weighted by molar-refractivity contribution is 6.30. The van der Waals surface area contributed by atoms with E-state index < -0.39 is 11.9 Å². The van der Waals surface area contributed by atoms with Gasteiger partial charge in [-0.2, -0.15) is 0 Å². The Morgan fingerprint density at radius 1 is 1.44 bits per heavy atom. The summed E-state index contributed by atoms with van der Waals surface area (Å²) in [6, 6.07) is 4.79. The number of rotatable bonds is 4. The number of aliphatic carboxylic acids is 1. The van der Waals surface area contributed by atoms with Gasteiger partial charge in [0.1, 0.15) is 0 Å². The number of carbonyl (C=O) groups excluding carboxylic acids is 1. The third-order valence-electron chi connectivity index (χ3n) is 1.88. The fourth-order valence-corrected chi connectivity index (χ4v) is 1.40. The molecule has 3 N–H and O–H groups in total. The topological polar surface area (TPSA) is 80.4 Å². The SMILES string of the molecule is NC(=O)C=Cc1cc(Cl)ccc1CC(=O)O. The monoisotopic (exact) mass is 239 g/mol. The Labute approximate surface area is 97.3 Å². The van der Waals surface area contributed by atoms with Crippen LogP contribution in [0.4, 0.5) is 0 Å². The zero-order chi connectivity index (χ0) is 12.1. The van der Waals surface area contributed by atoms with Crippen LogP contribution in [-0.2, 0) is 16.0 Å². The molecule has 84 valence electrons. The molecule has 0 bridgehead atoms. The lowest BCUT2D eigenvalue weighted by Gasteiger charge is -2.03. The van der Waals surface area contributed by atoms with Crippen molar-refractivity contribution in [3.05, 3.63) is 40.4 Å². The smallest absolute Gasteiger partial charge is 0.307 e. The number of amides is 1. The molecule has 0 aromatic heterocycles. The molecule has 1 aromatic rings. The molecule has 4 nitrogen and oxygen atoms in total. The molecule has 0 saturated heterocycles. The molecule has 0 aliphatic heterocycles. The first-order valence-electron chi connectivity index (χ1n) is 4.47. The summed E-state index contributed by atoms with van der Waals surface area (Å²) >= 11 is 5.77. The number of hydrogen-bond acceptors (Lipinski definition) is 2. The summed E-state index contributed by atoms with van der Waals surface area (Å²) in [5.41, 5.74) is 6.11. The Balaban J connectivity index is 3.07. The predicted molar refractivity (Wildman–Crippen MR) is 61.0 cm³/mol. The van der Waals surface area contributed by atoms with E-state index in [0.29, 0.717) is 16.1 Å². The molecule has 0 spiro atoms. The molecular weight excluding hydrogens is 230 g/mol. The van der Waals surface area contributed by atoms with Gasteiger partial charge in [-0.05, 0) is 29.3 Å². The Morgan fingerprint density at radius 3 is 2.69 bits per heavy atom. The molecule has 1 rings (SSSR count). The van der Waals surface area contributed by atoms with Crippen molar-refractivity contribution in [1.82, 2.24) is 0 Å². The number of halogens is 1. The molecule has 16 heavy (non-hydrogen) atoms. The van der Waals surface area contributed by atoms with Crippen molar-refractivity contribution in [2.24, 2.45) is 5.73 Å². The van der Waals surface area contributed by atoms with Gasteiger partial charge in [0, 0.05) is 11.1 Å². The number of carboxylic acids is 1. The molecular formula is C11H10ClNO3. The summed E-state index contributed by atoms with van der Waals surface area (Å²) in [4.78, 5) is 21.2. The molecule has 0 fully saturated rings. The average Bonchev–Trinajstić information content (AvgIpc) is 2.17. The van der Waals surface area contributed by atoms with Crippen molar-refractivity contribution in [3.63, 3.8) is 0 Å². The van der Waals surface area contributed by atoms with Gasteiger partial charge in [-0.3, -0.25) is 9.59 Å². The van der Waals surface area contributed by atoms with Gasteiger partial charge in [0.05, 0.1) is 6.42 Å². The second-order valence-corrected chi connectivity index (χ2v) is 3.59. The second-order valence-electron chi connectivity index (χ2n) is 3.15. The minimum atomic E-state index is -0.948. The van der Waals surface area contributed by atoms with Gasteiger partial charge in [0.25, 0.3) is 0 Å². The van der Waals surface area contributed by atoms with Crippen molar-refractivity contribution in [2.45, 2.75) is 6.42 Å². The van der Waals surface area contributed by atoms with Crippen LogP contribution in [0.15, 0.2) is 24.3 Å². The maximum absolute atomic E-state index is 10.6. The molecule has 0 unspecified atom stereocenters. The normalized spacial score (nSPS) is 10.6. The first-order valence-corrected chi connectivity index (χ1v) is 4.84. The maximum Gasteiger partial charge on any atom is 0.307 e. The Bertz CT molecular complexity index is 455. The van der Waals surface area contributed by atoms with Gasteiger partial charge in [0.15, 0.2) is 0 Å². The van der Waals surface area contributed by atoms with Crippen LogP contribution in [0.3, 0.4) is 0 Å². The quantitative estimate of drug-likeness (QED) is 0.781. The van der Waals surface area contributed by atoms with Gasteiger partial charge in [0.2, 0.25) is 5.91 Å². The highest BCUT2D eigenvalue weighted by atomic mass is 35.5. The van der Waals surface area contributed by atoms with E-state index in [4.69, 9.17) is 22.4 Å². The van der Waals surface area contributed by atoms with E-state index >= 15 is 0 Å². The van der Waals surface area contributed by atoms with Crippen LogP contribution in [0.2, 0.25) is 5.02 Å². The number of hydrogen-bond donors (Lipinski definition) is 2. The Hall–Kier alpha value is -1.81. The molecule has 0 aliphatic carbocycles. The van der Waals surface area contributed by atoms with Crippen molar-refractivity contribution >= 4 is 29.6 Å². The first kappa shape index (κ1) is 12.3. The zero-order valence-electron chi connectivity index (χ0n) is 8.31. The van der Waals surface area contributed by atoms with Crippen LogP contribution >= 0.6 is 11.6 Å². The number of carbonyl (C=O) groups is 2. The second kappa shape index (κ2) is 5.32. The lowest BCUT2D eigenvalue weighted by atomic mass is 10.0. The van der Waals surface area contributed by atoms with Gasteiger partial charge in [-0.1, -0.05) is 17.7 Å². The number of carboxylic acid groups (broad SMARTS) is 1. The largest absolute Gasteiger partial charge is 0.481 e. The highest BCUT2D eigenvalue weighted by Crippen LogP contribution is 2.18. The van der Waals surface area contributed by atoms with Crippen molar-refractivity contribution in [2.75, 3.05) is 0 Å². The van der Waals surface area contributed by atoms with Crippen LogP contribution in [0.5, 0.6) is 0 Å². The number of benzene rings is 1. The fourth-order valence-electron chi connectivity index (χ4n) is 1.22. The predicted octanol–water partition coefficient (Wildman–Crippen LogP) is 1.47. The standard InChI is InChI=1S/C11H10ClNO3/c12-9-3-1-8(6-11(15)16)7(5-9)2-4-10(13)14/h1-5H,6H2,(H2,13,14)(H,15,16). The summed E-state index contributed by atoms with van der Waals surface area (Å²) in [6.45, 7) is 0. The van der Waals surface area contributed by atoms with Crippen LogP contribution in [-0.4, -0.2) is 17.0 Å². The Morgan fingerprint density at radius 2 is 2.12 bits per heavy atom. The highest BCUT2D eigenvalue weighted by Gasteiger charge is 2.05. The summed E-state index contributed by atoms with van der Waals surface area (Å²) in [7, 11) is 0. The van der Waals surface area contributed by atoms with E-state index in [2.05, 4.69) is 0 Å². The summed E-state index contributed by atoms with van der Waals surface area (Å²) in [6.07, 6.45) is 2.49. The molecule has 1 amide bonds. The third-order valence-corrected chi connectivity index (χ3v) is 2.11. The van der Waals surface area contributed by atoms with Gasteiger partial charge in [-0.15, -0.1) is 0 Å². The summed E-state index contributed by atoms with van der Waals surface area (Å²) < 4.78 is 0. The summed E-state index contributed by atoms with van der Waals surface area (Å²) in [5.74, 6) is -1.54. The maximum atomic E-state index is 10.6. The van der Waals surface area contributed by atoms with Gasteiger partial charge < -0.3 is 10.8 Å². The summed E-state index contributed by atoms with van der Waals surface area (Å²) in [5, 5.41) is 9.16. The van der Waals surface area contributed by atoms with Crippen molar-refractivity contribution < 1.29 is 14.7 Å². The Kier molecular flexibility index (Phi) is 4.08. The van der Waals surface area contributed by atoms with E-state index in [0.717, 1.165) is 6.08 Å². The van der Waals surface area contributed by atoms with E-state index in [1.165, 1.54) is 6.08 Å². The lowest BCUT2D eigenvalue weighted by molar-refractivity contribution is -0.136.